The van der Waals surface area contributed by atoms with Gasteiger partial charge in [0, 0.05) is 42.4 Å². The molecule has 1 heterocycles. The van der Waals surface area contributed by atoms with E-state index < -0.39 is 114 Å². The van der Waals surface area contributed by atoms with Crippen molar-refractivity contribution < 1.29 is 68.8 Å². The normalized spacial score (nSPS) is 26.8. The topological polar surface area (TPSA) is 246 Å². The first kappa shape index (κ1) is 33.0. The third-order valence-corrected chi connectivity index (χ3v) is 8.67. The first-order chi connectivity index (χ1) is 21.7. The summed E-state index contributed by atoms with van der Waals surface area (Å²) in [6.07, 6.45) is -7.18. The Hall–Kier alpha value is -4.41. The number of Topliss-reactive ketones (excluding diaryl/α,β-unsaturated/α-hetero) is 1. The molecule has 0 bridgehead atoms. The number of nitrogens with one attached hydrogen (secondary N) is 1. The number of aliphatic carboxylic acids is 1. The van der Waals surface area contributed by atoms with Crippen LogP contribution in [0.1, 0.15) is 81.7 Å². The van der Waals surface area contributed by atoms with Crippen molar-refractivity contribution in [3.05, 3.63) is 51.6 Å². The van der Waals surface area contributed by atoms with Crippen LogP contribution in [0.15, 0.2) is 18.2 Å². The lowest BCUT2D eigenvalue weighted by atomic mass is 9.72. The highest BCUT2D eigenvalue weighted by Gasteiger charge is 2.50. The Kier molecular flexibility index (Phi) is 8.90. The van der Waals surface area contributed by atoms with Crippen molar-refractivity contribution in [2.75, 3.05) is 13.7 Å². The summed E-state index contributed by atoms with van der Waals surface area (Å²) in [4.78, 5) is 63.4. The van der Waals surface area contributed by atoms with Gasteiger partial charge in [-0.3, -0.25) is 24.0 Å². The predicted molar refractivity (Wildman–Crippen MR) is 153 cm³/mol. The number of amides is 1. The molecule has 0 radical (unpaired) electrons. The van der Waals surface area contributed by atoms with Crippen molar-refractivity contribution in [1.29, 1.82) is 0 Å². The molecule has 0 aromatic heterocycles. The van der Waals surface area contributed by atoms with Crippen molar-refractivity contribution in [3.63, 3.8) is 0 Å². The molecule has 1 saturated heterocycles. The quantitative estimate of drug-likeness (QED) is 0.152. The van der Waals surface area contributed by atoms with Gasteiger partial charge in [0.1, 0.15) is 35.6 Å². The number of carbonyl (C=O) groups is 5. The molecule has 3 aliphatic rings. The maximum Gasteiger partial charge on any atom is 0.303 e. The molecule has 5 rings (SSSR count). The Morgan fingerprint density at radius 2 is 1.76 bits per heavy atom. The molecule has 15 heteroatoms. The minimum atomic E-state index is -2.35. The lowest BCUT2D eigenvalue weighted by Crippen LogP contribution is -2.55. The van der Waals surface area contributed by atoms with Gasteiger partial charge in [-0.15, -0.1) is 0 Å². The summed E-state index contributed by atoms with van der Waals surface area (Å²) in [5.41, 5.74) is -4.16. The maximum atomic E-state index is 13.8. The summed E-state index contributed by atoms with van der Waals surface area (Å²) < 4.78 is 17.1. The monoisotopic (exact) mass is 643 g/mol. The van der Waals surface area contributed by atoms with E-state index in [0.29, 0.717) is 0 Å². The van der Waals surface area contributed by atoms with E-state index in [4.69, 9.17) is 19.3 Å². The van der Waals surface area contributed by atoms with Gasteiger partial charge in [-0.05, 0) is 13.0 Å². The van der Waals surface area contributed by atoms with Crippen LogP contribution in [0, 0.1) is 0 Å². The zero-order valence-corrected chi connectivity index (χ0v) is 24.8. The van der Waals surface area contributed by atoms with Crippen LogP contribution in [0.4, 0.5) is 0 Å². The third-order valence-electron chi connectivity index (χ3n) is 8.67. The van der Waals surface area contributed by atoms with E-state index >= 15 is 0 Å². The number of hydrogen-bond acceptors (Lipinski definition) is 13. The van der Waals surface area contributed by atoms with Crippen molar-refractivity contribution in [2.45, 2.75) is 75.3 Å². The summed E-state index contributed by atoms with van der Waals surface area (Å²) in [6.45, 7) is 0.389. The fraction of sp³-hybridized carbons (Fsp3) is 0.452. The second-order valence-electron chi connectivity index (χ2n) is 11.6. The SMILES string of the molecule is COc1cccc2c1C(=O)c1c(O)c3c(c(O)c1C2=O)C[C@@](O)(C(=O)CO)C[C@@H]3OC1CC(NC(=O)CCC(=O)O)C(O)C(C)O1. The Balaban J connectivity index is 1.57. The molecule has 15 nitrogen and oxygen atoms in total. The van der Waals surface area contributed by atoms with Crippen LogP contribution in [-0.4, -0.2) is 104 Å². The van der Waals surface area contributed by atoms with Gasteiger partial charge in [0.25, 0.3) is 0 Å². The van der Waals surface area contributed by atoms with Gasteiger partial charge in [0.05, 0.1) is 48.5 Å². The minimum Gasteiger partial charge on any atom is -0.507 e. The average Bonchev–Trinajstić information content (AvgIpc) is 3.01. The Bertz CT molecular complexity index is 1640. The second-order valence-corrected chi connectivity index (χ2v) is 11.6. The number of aromatic hydroxyl groups is 2. The largest absolute Gasteiger partial charge is 0.507 e. The number of phenols is 2. The Morgan fingerprint density at radius 1 is 1.07 bits per heavy atom. The smallest absolute Gasteiger partial charge is 0.303 e. The molecule has 0 saturated carbocycles. The van der Waals surface area contributed by atoms with E-state index in [1.54, 1.807) is 0 Å². The van der Waals surface area contributed by atoms with Crippen molar-refractivity contribution in [1.82, 2.24) is 5.32 Å². The van der Waals surface area contributed by atoms with E-state index in [1.165, 1.54) is 32.2 Å². The van der Waals surface area contributed by atoms with Gasteiger partial charge in [0.15, 0.2) is 17.9 Å². The van der Waals surface area contributed by atoms with Gasteiger partial charge in [-0.2, -0.15) is 0 Å². The lowest BCUT2D eigenvalue weighted by Gasteiger charge is -2.43. The number of fused-ring (bicyclic) bond motifs is 3. The number of benzene rings is 2. The zero-order valence-electron chi connectivity index (χ0n) is 24.8. The number of carbonyl (C=O) groups excluding carboxylic acids is 4. The molecule has 46 heavy (non-hydrogen) atoms. The second kappa shape index (κ2) is 12.4. The average molecular weight is 644 g/mol. The van der Waals surface area contributed by atoms with Gasteiger partial charge in [-0.1, -0.05) is 12.1 Å². The van der Waals surface area contributed by atoms with Crippen molar-refractivity contribution in [2.24, 2.45) is 0 Å². The number of phenolic OH excluding ortho intramolecular Hbond substituents is 2. The van der Waals surface area contributed by atoms with E-state index in [2.05, 4.69) is 5.32 Å². The molecule has 2 aromatic rings. The molecule has 7 N–H and O–H groups in total. The molecular formula is C31H33NO14. The highest BCUT2D eigenvalue weighted by Crippen LogP contribution is 2.52. The van der Waals surface area contributed by atoms with E-state index in [9.17, 15) is 49.5 Å². The van der Waals surface area contributed by atoms with Crippen LogP contribution >= 0.6 is 0 Å². The summed E-state index contributed by atoms with van der Waals surface area (Å²) in [6, 6.07) is 3.28. The number of methoxy groups -OCH3 is 1. The number of hydrogen-bond donors (Lipinski definition) is 7. The highest BCUT2D eigenvalue weighted by molar-refractivity contribution is 6.31. The number of rotatable bonds is 9. The molecule has 2 aliphatic carbocycles. The predicted octanol–water partition coefficient (Wildman–Crippen LogP) is 0.0236. The molecule has 246 valence electrons. The van der Waals surface area contributed by atoms with E-state index in [-0.39, 0.29) is 40.8 Å². The summed E-state index contributed by atoms with van der Waals surface area (Å²) >= 11 is 0. The zero-order chi connectivity index (χ0) is 33.7. The fourth-order valence-corrected chi connectivity index (χ4v) is 6.36. The summed E-state index contributed by atoms with van der Waals surface area (Å²) in [7, 11) is 1.29. The first-order valence-electron chi connectivity index (χ1n) is 14.5. The van der Waals surface area contributed by atoms with Gasteiger partial charge >= 0.3 is 5.97 Å². The summed E-state index contributed by atoms with van der Waals surface area (Å²) in [5.74, 6) is -6.01. The number of ether oxygens (including phenoxy) is 3. The number of carboxylic acids is 1. The van der Waals surface area contributed by atoms with Crippen LogP contribution in [-0.2, 0) is 30.3 Å². The lowest BCUT2D eigenvalue weighted by molar-refractivity contribution is -0.249. The Morgan fingerprint density at radius 3 is 2.41 bits per heavy atom. The molecule has 6 atom stereocenters. The van der Waals surface area contributed by atoms with Gasteiger partial charge in [-0.25, -0.2) is 0 Å². The molecule has 2 aromatic carbocycles. The molecular weight excluding hydrogens is 610 g/mol. The number of carboxylic acid groups (broad SMARTS) is 1. The number of aliphatic hydroxyl groups is 3. The third kappa shape index (κ3) is 5.60. The number of ketones is 3. The maximum absolute atomic E-state index is 13.8. The number of aliphatic hydroxyl groups excluding tert-OH is 2. The van der Waals surface area contributed by atoms with Crippen LogP contribution in [0.3, 0.4) is 0 Å². The first-order valence-corrected chi connectivity index (χ1v) is 14.5. The van der Waals surface area contributed by atoms with Crippen LogP contribution in [0.2, 0.25) is 0 Å². The fourth-order valence-electron chi connectivity index (χ4n) is 6.36. The molecule has 1 aliphatic heterocycles. The van der Waals surface area contributed by atoms with E-state index in [0.717, 1.165) is 0 Å². The van der Waals surface area contributed by atoms with Crippen LogP contribution < -0.4 is 10.1 Å². The molecule has 1 amide bonds. The highest BCUT2D eigenvalue weighted by atomic mass is 16.7. The van der Waals surface area contributed by atoms with E-state index in [1.807, 2.05) is 0 Å². The van der Waals surface area contributed by atoms with Crippen LogP contribution in [0.25, 0.3) is 0 Å². The summed E-state index contributed by atoms with van der Waals surface area (Å²) in [5, 5.41) is 66.1. The molecule has 4 unspecified atom stereocenters. The standard InChI is InChI=1S/C31H33NO14/c1-12-26(38)15(32-19(35)6-7-20(36)37)8-21(45-12)46-17-10-31(43,18(34)11-33)9-14-23(17)30(42)25-24(28(14)40)27(39)13-4-3-5-16(44-2)22(13)29(25)41/h3-5,12,15,17,21,26,33,38,40,42-43H,6-11H2,1-2H3,(H,32,35)(H,36,37)/t12?,15?,17-,21?,26?,31-/m0/s1. The molecule has 0 spiro atoms. The van der Waals surface area contributed by atoms with Crippen LogP contribution in [0.5, 0.6) is 17.2 Å². The minimum absolute atomic E-state index is 0.0495. The van der Waals surface area contributed by atoms with Gasteiger partial charge < -0.3 is 50.2 Å². The van der Waals surface area contributed by atoms with Crippen molar-refractivity contribution >= 4 is 29.2 Å². The van der Waals surface area contributed by atoms with Gasteiger partial charge in [0.2, 0.25) is 11.7 Å². The van der Waals surface area contributed by atoms with Crippen molar-refractivity contribution in [3.8, 4) is 17.2 Å². The molecule has 1 fully saturated rings. The Labute approximate surface area is 261 Å².